The van der Waals surface area contributed by atoms with Crippen LogP contribution in [0.2, 0.25) is 0 Å². The lowest BCUT2D eigenvalue weighted by Crippen LogP contribution is -2.05. The number of rotatable bonds is 8. The van der Waals surface area contributed by atoms with E-state index < -0.39 is 0 Å². The molecule has 0 spiro atoms. The van der Waals surface area contributed by atoms with Gasteiger partial charge in [-0.2, -0.15) is 0 Å². The summed E-state index contributed by atoms with van der Waals surface area (Å²) in [5.74, 6) is 3.32. The number of para-hydroxylation sites is 4. The number of aromatic nitrogens is 8. The van der Waals surface area contributed by atoms with Crippen molar-refractivity contribution in [2.24, 2.45) is 0 Å². The van der Waals surface area contributed by atoms with Gasteiger partial charge >= 0.3 is 0 Å². The van der Waals surface area contributed by atoms with Crippen LogP contribution in [0.4, 0.5) is 0 Å². The maximum absolute atomic E-state index is 5.33. The van der Waals surface area contributed by atoms with Crippen LogP contribution >= 0.6 is 0 Å². The summed E-state index contributed by atoms with van der Waals surface area (Å²) >= 11 is 0. The van der Waals surface area contributed by atoms with Crippen molar-refractivity contribution in [3.8, 4) is 79.7 Å². The number of hydrogen-bond acceptors (Lipinski definition) is 6. The molecule has 0 N–H and O–H groups in total. The van der Waals surface area contributed by atoms with Crippen LogP contribution < -0.4 is 0 Å². The molecule has 318 valence electrons. The highest BCUT2D eigenvalue weighted by Crippen LogP contribution is 2.39. The van der Waals surface area contributed by atoms with Crippen LogP contribution in [0.5, 0.6) is 0 Å². The molecule has 0 unspecified atom stereocenters. The van der Waals surface area contributed by atoms with Gasteiger partial charge in [0.25, 0.3) is 0 Å². The molecular formula is C60H38N8. The average Bonchev–Trinajstić information content (AvgIpc) is 3.94. The molecule has 0 aliphatic carbocycles. The fraction of sp³-hybridized carbons (Fsp3) is 0. The fourth-order valence-corrected chi connectivity index (χ4v) is 9.48. The molecule has 0 amide bonds. The summed E-state index contributed by atoms with van der Waals surface area (Å²) in [4.78, 5) is 31.4. The Morgan fingerprint density at radius 2 is 0.588 bits per heavy atom. The van der Waals surface area contributed by atoms with E-state index in [-0.39, 0.29) is 0 Å². The molecule has 0 aliphatic rings. The van der Waals surface area contributed by atoms with Crippen molar-refractivity contribution in [2.75, 3.05) is 0 Å². The standard InChI is InChI=1S/C60H38N8/c1-5-19-39(20-6-1)55-62-58(64-59(63-55)43-33-35-48-47-29-13-16-30-50(47)67(54(48)38-43)44-25-11-4-12-26-44)42-34-36-53(68-51-31-17-14-27-45(51)46-28-15-18-32-52(46)68)49(37-42)60-65-56(40-21-7-2-8-22-40)61-57(66-60)41-23-9-3-10-24-41/h1-38H. The van der Waals surface area contributed by atoms with Crippen LogP contribution in [-0.4, -0.2) is 39.0 Å². The first-order valence-electron chi connectivity index (χ1n) is 22.6. The lowest BCUT2D eigenvalue weighted by Gasteiger charge is -2.16. The number of hydrogen-bond donors (Lipinski definition) is 0. The molecule has 0 bridgehead atoms. The van der Waals surface area contributed by atoms with E-state index in [0.29, 0.717) is 34.9 Å². The van der Waals surface area contributed by atoms with E-state index >= 15 is 0 Å². The van der Waals surface area contributed by atoms with E-state index in [1.807, 2.05) is 97.1 Å². The van der Waals surface area contributed by atoms with Crippen LogP contribution in [0.3, 0.4) is 0 Å². The van der Waals surface area contributed by atoms with E-state index in [0.717, 1.165) is 83.0 Å². The second-order valence-electron chi connectivity index (χ2n) is 16.7. The van der Waals surface area contributed by atoms with Gasteiger partial charge in [0.1, 0.15) is 0 Å². The van der Waals surface area contributed by atoms with Gasteiger partial charge in [0.2, 0.25) is 0 Å². The van der Waals surface area contributed by atoms with Crippen LogP contribution in [0.15, 0.2) is 231 Å². The van der Waals surface area contributed by atoms with Gasteiger partial charge in [0.15, 0.2) is 34.9 Å². The molecule has 9 aromatic carbocycles. The quantitative estimate of drug-likeness (QED) is 0.151. The van der Waals surface area contributed by atoms with Gasteiger partial charge in [0, 0.05) is 60.6 Å². The Labute approximate surface area is 391 Å². The zero-order valence-corrected chi connectivity index (χ0v) is 36.5. The van der Waals surface area contributed by atoms with Gasteiger partial charge in [-0.1, -0.05) is 176 Å². The Morgan fingerprint density at radius 3 is 1.07 bits per heavy atom. The topological polar surface area (TPSA) is 87.2 Å². The molecule has 0 atom stereocenters. The third kappa shape index (κ3) is 6.70. The number of nitrogens with zero attached hydrogens (tertiary/aromatic N) is 8. The van der Waals surface area contributed by atoms with Gasteiger partial charge in [0.05, 0.1) is 27.8 Å². The third-order valence-corrected chi connectivity index (χ3v) is 12.6. The predicted octanol–water partition coefficient (Wildman–Crippen LogP) is 14.3. The fourth-order valence-electron chi connectivity index (χ4n) is 9.48. The minimum atomic E-state index is 0.521. The Kier molecular flexibility index (Phi) is 9.31. The average molecular weight is 871 g/mol. The Morgan fingerprint density at radius 1 is 0.235 bits per heavy atom. The molecule has 0 saturated heterocycles. The van der Waals surface area contributed by atoms with Gasteiger partial charge in [-0.25, -0.2) is 29.9 Å². The summed E-state index contributed by atoms with van der Waals surface area (Å²) in [5, 5.41) is 4.64. The van der Waals surface area contributed by atoms with E-state index in [9.17, 15) is 0 Å². The minimum Gasteiger partial charge on any atom is -0.309 e. The van der Waals surface area contributed by atoms with E-state index in [1.165, 1.54) is 5.39 Å². The van der Waals surface area contributed by atoms with Crippen molar-refractivity contribution in [1.29, 1.82) is 0 Å². The highest BCUT2D eigenvalue weighted by Gasteiger charge is 2.22. The van der Waals surface area contributed by atoms with Gasteiger partial charge in [-0.05, 0) is 54.6 Å². The summed E-state index contributed by atoms with van der Waals surface area (Å²) in [6.07, 6.45) is 0. The Balaban J connectivity index is 1.07. The molecule has 0 saturated carbocycles. The summed E-state index contributed by atoms with van der Waals surface area (Å²) in [6, 6.07) is 79.3. The van der Waals surface area contributed by atoms with Crippen LogP contribution in [0, 0.1) is 0 Å². The second kappa shape index (κ2) is 16.2. The molecule has 13 rings (SSSR count). The molecule has 8 nitrogen and oxygen atoms in total. The van der Waals surface area contributed by atoms with Crippen molar-refractivity contribution >= 4 is 43.6 Å². The van der Waals surface area contributed by atoms with Crippen molar-refractivity contribution in [1.82, 2.24) is 39.0 Å². The van der Waals surface area contributed by atoms with Crippen molar-refractivity contribution in [3.63, 3.8) is 0 Å². The lowest BCUT2D eigenvalue weighted by atomic mass is 10.1. The minimum absolute atomic E-state index is 0.521. The first-order valence-corrected chi connectivity index (χ1v) is 22.6. The first-order chi connectivity index (χ1) is 33.7. The maximum atomic E-state index is 5.33. The number of fused-ring (bicyclic) bond motifs is 6. The largest absolute Gasteiger partial charge is 0.309 e. The SMILES string of the molecule is c1ccc(-c2nc(-c3ccc(-n4c5ccccc5c5ccccc54)c(-c4nc(-c5ccccc5)nc(-c5ccccc5)n4)c3)nc(-c3ccc4c5ccccc5n(-c5ccccc5)c4c3)n2)cc1. The van der Waals surface area contributed by atoms with Crippen molar-refractivity contribution in [3.05, 3.63) is 231 Å². The van der Waals surface area contributed by atoms with Crippen LogP contribution in [0.1, 0.15) is 0 Å². The highest BCUT2D eigenvalue weighted by molar-refractivity contribution is 6.11. The summed E-state index contributed by atoms with van der Waals surface area (Å²) in [7, 11) is 0. The zero-order chi connectivity index (χ0) is 45.0. The van der Waals surface area contributed by atoms with Gasteiger partial charge in [-0.3, -0.25) is 0 Å². The maximum Gasteiger partial charge on any atom is 0.166 e. The van der Waals surface area contributed by atoms with Gasteiger partial charge in [-0.15, -0.1) is 0 Å². The number of benzene rings is 9. The van der Waals surface area contributed by atoms with Crippen molar-refractivity contribution in [2.45, 2.75) is 0 Å². The molecule has 4 heterocycles. The molecule has 0 radical (unpaired) electrons. The van der Waals surface area contributed by atoms with E-state index in [2.05, 4.69) is 143 Å². The lowest BCUT2D eigenvalue weighted by molar-refractivity contribution is 1.06. The Bertz CT molecular complexity index is 3900. The van der Waals surface area contributed by atoms with Crippen LogP contribution in [0.25, 0.3) is 123 Å². The van der Waals surface area contributed by atoms with Crippen molar-refractivity contribution < 1.29 is 0 Å². The van der Waals surface area contributed by atoms with Crippen LogP contribution in [-0.2, 0) is 0 Å². The summed E-state index contributed by atoms with van der Waals surface area (Å²) in [6.45, 7) is 0. The normalized spacial score (nSPS) is 11.5. The molecular weight excluding hydrogens is 833 g/mol. The smallest absolute Gasteiger partial charge is 0.166 e. The first kappa shape index (κ1) is 39.0. The monoisotopic (exact) mass is 870 g/mol. The highest BCUT2D eigenvalue weighted by atomic mass is 15.1. The zero-order valence-electron chi connectivity index (χ0n) is 36.5. The molecule has 13 aromatic rings. The molecule has 68 heavy (non-hydrogen) atoms. The molecule has 0 aliphatic heterocycles. The molecule has 4 aromatic heterocycles. The van der Waals surface area contributed by atoms with E-state index in [4.69, 9.17) is 29.9 Å². The summed E-state index contributed by atoms with van der Waals surface area (Å²) in [5.41, 5.74) is 11.4. The summed E-state index contributed by atoms with van der Waals surface area (Å²) < 4.78 is 4.63. The Hall–Kier alpha value is -9.40. The molecule has 0 fully saturated rings. The third-order valence-electron chi connectivity index (χ3n) is 12.6. The predicted molar refractivity (Wildman–Crippen MR) is 275 cm³/mol. The second-order valence-corrected chi connectivity index (χ2v) is 16.7. The van der Waals surface area contributed by atoms with Gasteiger partial charge < -0.3 is 9.13 Å². The van der Waals surface area contributed by atoms with E-state index in [1.54, 1.807) is 0 Å². The molecule has 8 heteroatoms.